The number of rotatable bonds is 3. The van der Waals surface area contributed by atoms with Crippen LogP contribution in [0, 0.1) is 0 Å². The van der Waals surface area contributed by atoms with Gasteiger partial charge in [-0.25, -0.2) is 0 Å². The zero-order valence-electron chi connectivity index (χ0n) is 6.76. The van der Waals surface area contributed by atoms with E-state index in [1.807, 2.05) is 0 Å². The molecule has 0 spiro atoms. The zero-order valence-corrected chi connectivity index (χ0v) is 9.99. The van der Waals surface area contributed by atoms with E-state index in [9.17, 15) is 4.79 Å². The van der Waals surface area contributed by atoms with E-state index in [0.717, 1.165) is 0 Å². The van der Waals surface area contributed by atoms with E-state index in [0.29, 0.717) is 27.2 Å². The van der Waals surface area contributed by atoms with E-state index in [1.165, 1.54) is 0 Å². The van der Waals surface area contributed by atoms with Crippen molar-refractivity contribution in [2.24, 2.45) is 0 Å². The van der Waals surface area contributed by atoms with E-state index < -0.39 is 0 Å². The van der Waals surface area contributed by atoms with Crippen LogP contribution in [0.3, 0.4) is 0 Å². The minimum Gasteiger partial charge on any atom is -0.294 e. The second-order valence-electron chi connectivity index (χ2n) is 2.52. The molecule has 1 aromatic rings. The second kappa shape index (κ2) is 5.03. The summed E-state index contributed by atoms with van der Waals surface area (Å²) in [6, 6.07) is 5.09. The molecule has 0 N–H and O–H groups in total. The topological polar surface area (TPSA) is 17.1 Å². The van der Waals surface area contributed by atoms with Crippen LogP contribution >= 0.6 is 40.2 Å². The Hall–Kier alpha value is 0.01000. The lowest BCUT2D eigenvalue weighted by molar-refractivity contribution is 0.0987. The van der Waals surface area contributed by atoms with Crippen molar-refractivity contribution in [3.05, 3.63) is 28.8 Å². The van der Waals surface area contributed by atoms with Crippen molar-refractivity contribution >= 4 is 45.9 Å². The molecule has 0 saturated carbocycles. The molecule has 0 fully saturated rings. The molecule has 0 aliphatic carbocycles. The molecule has 0 heterocycles. The summed E-state index contributed by atoms with van der Waals surface area (Å²) in [5.41, 5.74) is 0.593. The zero-order chi connectivity index (χ0) is 9.84. The summed E-state index contributed by atoms with van der Waals surface area (Å²) in [6.45, 7) is 0. The van der Waals surface area contributed by atoms with E-state index in [4.69, 9.17) is 11.6 Å². The molecule has 0 atom stereocenters. The van der Waals surface area contributed by atoms with Gasteiger partial charge in [-0.2, -0.15) is 0 Å². The van der Waals surface area contributed by atoms with Gasteiger partial charge >= 0.3 is 0 Å². The number of Topliss-reactive ketones (excluding diaryl/α,β-unsaturated/α-hetero) is 1. The number of hydrogen-bond donors (Lipinski definition) is 1. The van der Waals surface area contributed by atoms with Crippen molar-refractivity contribution in [1.29, 1.82) is 0 Å². The highest BCUT2D eigenvalue weighted by Crippen LogP contribution is 2.20. The number of carbonyl (C=O) groups excluding carboxylic acids is 1. The smallest absolute Gasteiger partial charge is 0.164 e. The van der Waals surface area contributed by atoms with Crippen molar-refractivity contribution in [1.82, 2.24) is 0 Å². The number of ketones is 1. The van der Waals surface area contributed by atoms with Gasteiger partial charge in [-0.15, -0.1) is 12.6 Å². The Morgan fingerprint density at radius 1 is 1.54 bits per heavy atom. The van der Waals surface area contributed by atoms with E-state index in [2.05, 4.69) is 28.6 Å². The lowest BCUT2D eigenvalue weighted by atomic mass is 10.1. The Morgan fingerprint density at radius 3 is 2.85 bits per heavy atom. The van der Waals surface area contributed by atoms with E-state index in [-0.39, 0.29) is 5.78 Å². The van der Waals surface area contributed by atoms with Crippen molar-refractivity contribution in [2.45, 2.75) is 11.3 Å². The van der Waals surface area contributed by atoms with Crippen LogP contribution in [0.1, 0.15) is 16.8 Å². The summed E-state index contributed by atoms with van der Waals surface area (Å²) >= 11 is 13.2. The third-order valence-electron chi connectivity index (χ3n) is 1.58. The Bertz CT molecular complexity index is 327. The number of carbonyl (C=O) groups is 1. The highest BCUT2D eigenvalue weighted by molar-refractivity contribution is 9.09. The molecule has 4 heteroatoms. The van der Waals surface area contributed by atoms with Crippen LogP contribution in [-0.2, 0) is 0 Å². The highest BCUT2D eigenvalue weighted by Gasteiger charge is 2.08. The minimum absolute atomic E-state index is 0.0596. The van der Waals surface area contributed by atoms with Gasteiger partial charge < -0.3 is 0 Å². The molecule has 0 aliphatic heterocycles. The predicted molar refractivity (Wildman–Crippen MR) is 61.4 cm³/mol. The van der Waals surface area contributed by atoms with Crippen LogP contribution in [0.25, 0.3) is 0 Å². The first-order valence-corrected chi connectivity index (χ1v) is 5.67. The average molecular weight is 280 g/mol. The van der Waals surface area contributed by atoms with Crippen LogP contribution in [0.2, 0.25) is 5.02 Å². The van der Waals surface area contributed by atoms with Gasteiger partial charge in [-0.05, 0) is 18.2 Å². The molecule has 0 bridgehead atoms. The largest absolute Gasteiger partial charge is 0.294 e. The van der Waals surface area contributed by atoms with Crippen LogP contribution < -0.4 is 0 Å². The Labute approximate surface area is 96.0 Å². The monoisotopic (exact) mass is 278 g/mol. The Kier molecular flexibility index (Phi) is 4.29. The van der Waals surface area contributed by atoms with E-state index in [1.54, 1.807) is 18.2 Å². The quantitative estimate of drug-likeness (QED) is 0.508. The number of halogens is 2. The molecular weight excluding hydrogens is 272 g/mol. The summed E-state index contributed by atoms with van der Waals surface area (Å²) < 4.78 is 0. The van der Waals surface area contributed by atoms with Gasteiger partial charge in [0.25, 0.3) is 0 Å². The third-order valence-corrected chi connectivity index (χ3v) is 2.60. The fourth-order valence-electron chi connectivity index (χ4n) is 0.952. The lowest BCUT2D eigenvalue weighted by Crippen LogP contribution is -2.00. The summed E-state index contributed by atoms with van der Waals surface area (Å²) in [5, 5.41) is 1.22. The maximum Gasteiger partial charge on any atom is 0.164 e. The SMILES string of the molecule is O=C(CCBr)c1cc(Cl)ccc1S. The summed E-state index contributed by atoms with van der Waals surface area (Å²) in [5.74, 6) is 0.0596. The van der Waals surface area contributed by atoms with Gasteiger partial charge in [-0.3, -0.25) is 4.79 Å². The molecule has 0 unspecified atom stereocenters. The molecule has 0 aliphatic rings. The molecule has 1 aromatic carbocycles. The highest BCUT2D eigenvalue weighted by atomic mass is 79.9. The van der Waals surface area contributed by atoms with Gasteiger partial charge in [0.05, 0.1) is 0 Å². The van der Waals surface area contributed by atoms with Crippen molar-refractivity contribution in [2.75, 3.05) is 5.33 Å². The normalized spacial score (nSPS) is 10.1. The Morgan fingerprint density at radius 2 is 2.23 bits per heavy atom. The summed E-state index contributed by atoms with van der Waals surface area (Å²) in [6.07, 6.45) is 0.466. The molecule has 1 rings (SSSR count). The molecular formula is C9H8BrClOS. The van der Waals surface area contributed by atoms with Gasteiger partial charge in [0.2, 0.25) is 0 Å². The number of benzene rings is 1. The van der Waals surface area contributed by atoms with Gasteiger partial charge in [0, 0.05) is 27.2 Å². The number of thiol groups is 1. The fourth-order valence-corrected chi connectivity index (χ4v) is 1.75. The van der Waals surface area contributed by atoms with E-state index >= 15 is 0 Å². The summed E-state index contributed by atoms with van der Waals surface area (Å²) in [7, 11) is 0. The van der Waals surface area contributed by atoms with Crippen molar-refractivity contribution < 1.29 is 4.79 Å². The van der Waals surface area contributed by atoms with Crippen LogP contribution in [-0.4, -0.2) is 11.1 Å². The second-order valence-corrected chi connectivity index (χ2v) is 4.23. The maximum absolute atomic E-state index is 11.5. The van der Waals surface area contributed by atoms with Gasteiger partial charge in [0.1, 0.15) is 0 Å². The summed E-state index contributed by atoms with van der Waals surface area (Å²) in [4.78, 5) is 12.2. The molecule has 0 radical (unpaired) electrons. The third kappa shape index (κ3) is 3.01. The molecule has 70 valence electrons. The first-order chi connectivity index (χ1) is 6.15. The fraction of sp³-hybridized carbons (Fsp3) is 0.222. The standard InChI is InChI=1S/C9H8BrClOS/c10-4-3-8(12)7-5-6(11)1-2-9(7)13/h1-2,5,13H,3-4H2. The molecule has 0 amide bonds. The Balaban J connectivity index is 2.99. The average Bonchev–Trinajstić information content (AvgIpc) is 2.09. The van der Waals surface area contributed by atoms with Crippen LogP contribution in [0.5, 0.6) is 0 Å². The maximum atomic E-state index is 11.5. The molecule has 1 nitrogen and oxygen atoms in total. The molecule has 13 heavy (non-hydrogen) atoms. The first kappa shape index (κ1) is 11.1. The first-order valence-electron chi connectivity index (χ1n) is 3.73. The minimum atomic E-state index is 0.0596. The van der Waals surface area contributed by atoms with Gasteiger partial charge in [0.15, 0.2) is 5.78 Å². The van der Waals surface area contributed by atoms with Crippen molar-refractivity contribution in [3.63, 3.8) is 0 Å². The van der Waals surface area contributed by atoms with Crippen LogP contribution in [0.15, 0.2) is 23.1 Å². The number of hydrogen-bond acceptors (Lipinski definition) is 2. The van der Waals surface area contributed by atoms with Crippen LogP contribution in [0.4, 0.5) is 0 Å². The van der Waals surface area contributed by atoms with Crippen molar-refractivity contribution in [3.8, 4) is 0 Å². The van der Waals surface area contributed by atoms with Gasteiger partial charge in [-0.1, -0.05) is 27.5 Å². The molecule has 0 aromatic heterocycles. The number of alkyl halides is 1. The molecule has 0 saturated heterocycles. The predicted octanol–water partition coefficient (Wildman–Crippen LogP) is 3.60. The lowest BCUT2D eigenvalue weighted by Gasteiger charge is -2.02.